The number of carbonyl (C=O) groups excluding carboxylic acids is 1. The van der Waals surface area contributed by atoms with Crippen LogP contribution in [0.4, 0.5) is 17.1 Å². The summed E-state index contributed by atoms with van der Waals surface area (Å²) in [7, 11) is -1.91. The van der Waals surface area contributed by atoms with Gasteiger partial charge in [-0.1, -0.05) is 24.3 Å². The second-order valence-corrected chi connectivity index (χ2v) is 9.22. The number of nitro benzene ring substituents is 1. The minimum Gasteiger partial charge on any atom is -0.375 e. The smallest absolute Gasteiger partial charge is 0.271 e. The molecule has 0 aliphatic carbocycles. The zero-order chi connectivity index (χ0) is 23.2. The van der Waals surface area contributed by atoms with Gasteiger partial charge in [0.2, 0.25) is 15.9 Å². The first-order valence-corrected chi connectivity index (χ1v) is 11.7. The summed E-state index contributed by atoms with van der Waals surface area (Å²) in [5, 5.41) is 13.9. The van der Waals surface area contributed by atoms with E-state index in [4.69, 9.17) is 0 Å². The average Bonchev–Trinajstić information content (AvgIpc) is 2.71. The molecular weight excluding hydrogens is 420 g/mol. The van der Waals surface area contributed by atoms with Crippen LogP contribution >= 0.6 is 0 Å². The second-order valence-electron chi connectivity index (χ2n) is 7.36. The predicted molar refractivity (Wildman–Crippen MR) is 122 cm³/mol. The molecule has 0 saturated carbocycles. The summed E-state index contributed by atoms with van der Waals surface area (Å²) < 4.78 is 25.8. The van der Waals surface area contributed by atoms with Crippen LogP contribution in [0.1, 0.15) is 18.9 Å². The number of carbonyl (C=O) groups is 1. The third-order valence-electron chi connectivity index (χ3n) is 4.90. The Bertz CT molecular complexity index is 1030. The number of para-hydroxylation sites is 1. The van der Waals surface area contributed by atoms with Crippen molar-refractivity contribution in [2.45, 2.75) is 26.3 Å². The molecule has 0 radical (unpaired) electrons. The number of sulfonamides is 1. The lowest BCUT2D eigenvalue weighted by Gasteiger charge is -2.29. The fourth-order valence-electron chi connectivity index (χ4n) is 3.22. The molecule has 0 aromatic heterocycles. The number of non-ortho nitro benzene ring substituents is 1. The zero-order valence-electron chi connectivity index (χ0n) is 18.1. The summed E-state index contributed by atoms with van der Waals surface area (Å²) >= 11 is 0. The van der Waals surface area contributed by atoms with E-state index in [-0.39, 0.29) is 11.4 Å². The molecule has 1 N–H and O–H groups in total. The summed E-state index contributed by atoms with van der Waals surface area (Å²) in [6, 6.07) is 12.7. The molecule has 0 fully saturated rings. The molecule has 0 aliphatic heterocycles. The van der Waals surface area contributed by atoms with E-state index < -0.39 is 26.9 Å². The number of hydrogen-bond acceptors (Lipinski definition) is 6. The van der Waals surface area contributed by atoms with Crippen LogP contribution in [0.15, 0.2) is 48.5 Å². The van der Waals surface area contributed by atoms with Gasteiger partial charge < -0.3 is 10.2 Å². The highest BCUT2D eigenvalue weighted by molar-refractivity contribution is 7.92. The maximum Gasteiger partial charge on any atom is 0.271 e. The molecule has 9 nitrogen and oxygen atoms in total. The standard InChI is InChI=1S/C21H28N4O5S/c1-16-11-12-19(25(27)28)15-20(16)24(31(4,29)30)17(2)21(26)22-13-8-14-23(3)18-9-6-5-7-10-18/h5-7,9-12,15,17H,8,13-14H2,1-4H3,(H,22,26)/t17-/m0/s1. The lowest BCUT2D eigenvalue weighted by atomic mass is 10.1. The fourth-order valence-corrected chi connectivity index (χ4v) is 4.44. The van der Waals surface area contributed by atoms with E-state index in [2.05, 4.69) is 10.2 Å². The predicted octanol–water partition coefficient (Wildman–Crippen LogP) is 2.70. The molecule has 0 unspecified atom stereocenters. The molecule has 168 valence electrons. The summed E-state index contributed by atoms with van der Waals surface area (Å²) in [6.07, 6.45) is 1.64. The van der Waals surface area contributed by atoms with Crippen molar-refractivity contribution in [3.05, 3.63) is 64.2 Å². The maximum atomic E-state index is 12.7. The van der Waals surface area contributed by atoms with Crippen molar-refractivity contribution in [1.29, 1.82) is 0 Å². The topological polar surface area (TPSA) is 113 Å². The molecule has 2 rings (SSSR count). The Balaban J connectivity index is 2.07. The average molecular weight is 449 g/mol. The van der Waals surface area contributed by atoms with Gasteiger partial charge in [-0.15, -0.1) is 0 Å². The van der Waals surface area contributed by atoms with Gasteiger partial charge in [0.25, 0.3) is 5.69 Å². The van der Waals surface area contributed by atoms with Crippen LogP contribution in [0, 0.1) is 17.0 Å². The third kappa shape index (κ3) is 6.42. The van der Waals surface area contributed by atoms with Crippen molar-refractivity contribution in [3.63, 3.8) is 0 Å². The highest BCUT2D eigenvalue weighted by Gasteiger charge is 2.31. The summed E-state index contributed by atoms with van der Waals surface area (Å²) in [5.74, 6) is -0.473. The van der Waals surface area contributed by atoms with Crippen LogP contribution in [0.25, 0.3) is 0 Å². The van der Waals surface area contributed by atoms with Crippen LogP contribution in [0.5, 0.6) is 0 Å². The van der Waals surface area contributed by atoms with E-state index in [0.717, 1.165) is 16.2 Å². The largest absolute Gasteiger partial charge is 0.375 e. The van der Waals surface area contributed by atoms with Crippen molar-refractivity contribution >= 4 is 33.0 Å². The van der Waals surface area contributed by atoms with Crippen LogP contribution in [0.3, 0.4) is 0 Å². The summed E-state index contributed by atoms with van der Waals surface area (Å²) in [4.78, 5) is 25.3. The van der Waals surface area contributed by atoms with Gasteiger partial charge in [0, 0.05) is 38.0 Å². The van der Waals surface area contributed by atoms with Crippen LogP contribution in [-0.2, 0) is 14.8 Å². The zero-order valence-corrected chi connectivity index (χ0v) is 18.9. The maximum absolute atomic E-state index is 12.7. The van der Waals surface area contributed by atoms with Gasteiger partial charge >= 0.3 is 0 Å². The molecule has 0 spiro atoms. The van der Waals surface area contributed by atoms with Crippen molar-refractivity contribution < 1.29 is 18.1 Å². The van der Waals surface area contributed by atoms with Crippen molar-refractivity contribution in [1.82, 2.24) is 5.32 Å². The molecular formula is C21H28N4O5S. The molecule has 0 bridgehead atoms. The van der Waals surface area contributed by atoms with Gasteiger partial charge in [0.1, 0.15) is 6.04 Å². The summed E-state index contributed by atoms with van der Waals surface area (Å²) in [6.45, 7) is 4.18. The Hall–Kier alpha value is -3.14. The number of nitrogens with zero attached hydrogens (tertiary/aromatic N) is 3. The highest BCUT2D eigenvalue weighted by Crippen LogP contribution is 2.29. The number of anilines is 2. The quantitative estimate of drug-likeness (QED) is 0.340. The van der Waals surface area contributed by atoms with Crippen molar-refractivity contribution in [3.8, 4) is 0 Å². The normalized spacial score (nSPS) is 12.1. The Morgan fingerprint density at radius 3 is 2.42 bits per heavy atom. The first kappa shape index (κ1) is 24.1. The number of amides is 1. The molecule has 0 aliphatic rings. The van der Waals surface area contributed by atoms with E-state index >= 15 is 0 Å². The van der Waals surface area contributed by atoms with Crippen molar-refractivity contribution in [2.24, 2.45) is 0 Å². The molecule has 10 heteroatoms. The van der Waals surface area contributed by atoms with Gasteiger partial charge in [-0.3, -0.25) is 19.2 Å². The third-order valence-corrected chi connectivity index (χ3v) is 6.12. The number of aryl methyl sites for hydroxylation is 1. The van der Waals surface area contributed by atoms with E-state index in [1.54, 1.807) is 6.92 Å². The van der Waals surface area contributed by atoms with Crippen molar-refractivity contribution in [2.75, 3.05) is 35.6 Å². The Morgan fingerprint density at radius 1 is 1.19 bits per heavy atom. The SMILES string of the molecule is Cc1ccc([N+](=O)[O-])cc1N([C@@H](C)C(=O)NCCCN(C)c1ccccc1)S(C)(=O)=O. The van der Waals surface area contributed by atoms with Crippen LogP contribution in [-0.4, -0.2) is 51.7 Å². The lowest BCUT2D eigenvalue weighted by Crippen LogP contribution is -2.48. The lowest BCUT2D eigenvalue weighted by molar-refractivity contribution is -0.384. The molecule has 31 heavy (non-hydrogen) atoms. The van der Waals surface area contributed by atoms with E-state index in [1.165, 1.54) is 25.1 Å². The highest BCUT2D eigenvalue weighted by atomic mass is 32.2. The Morgan fingerprint density at radius 2 is 1.84 bits per heavy atom. The molecule has 2 aromatic rings. The molecule has 2 aromatic carbocycles. The number of hydrogen-bond donors (Lipinski definition) is 1. The van der Waals surface area contributed by atoms with Crippen LogP contribution < -0.4 is 14.5 Å². The van der Waals surface area contributed by atoms with E-state index in [9.17, 15) is 23.3 Å². The fraction of sp³-hybridized carbons (Fsp3) is 0.381. The second kappa shape index (κ2) is 10.3. The molecule has 0 heterocycles. The summed E-state index contributed by atoms with van der Waals surface area (Å²) in [5.41, 5.74) is 1.45. The number of rotatable bonds is 10. The van der Waals surface area contributed by atoms with E-state index in [1.807, 2.05) is 37.4 Å². The molecule has 1 amide bonds. The van der Waals surface area contributed by atoms with Gasteiger partial charge in [0.05, 0.1) is 16.9 Å². The monoisotopic (exact) mass is 448 g/mol. The minimum atomic E-state index is -3.87. The van der Waals surface area contributed by atoms with E-state index in [0.29, 0.717) is 25.1 Å². The van der Waals surface area contributed by atoms with Gasteiger partial charge in [-0.25, -0.2) is 8.42 Å². The number of nitrogens with one attached hydrogen (secondary N) is 1. The van der Waals surface area contributed by atoms with Gasteiger partial charge in [0.15, 0.2) is 0 Å². The Labute approximate surface area is 182 Å². The number of nitro groups is 1. The van der Waals surface area contributed by atoms with Gasteiger partial charge in [-0.05, 0) is 38.0 Å². The van der Waals surface area contributed by atoms with Gasteiger partial charge in [-0.2, -0.15) is 0 Å². The first-order valence-electron chi connectivity index (χ1n) is 9.80. The van der Waals surface area contributed by atoms with Crippen LogP contribution in [0.2, 0.25) is 0 Å². The minimum absolute atomic E-state index is 0.114. The Kier molecular flexibility index (Phi) is 7.98. The number of benzene rings is 2. The first-order chi connectivity index (χ1) is 14.5. The molecule has 0 saturated heterocycles. The molecule has 1 atom stereocenters.